The second-order valence-electron chi connectivity index (χ2n) is 4.47. The zero-order valence-electron chi connectivity index (χ0n) is 10.9. The second-order valence-corrected chi connectivity index (χ2v) is 4.47. The molecular weight excluding hydrogens is 269 g/mol. The smallest absolute Gasteiger partial charge is 0.204 e. The minimum Gasteiger partial charge on any atom is -0.207 e. The van der Waals surface area contributed by atoms with Crippen LogP contribution >= 0.6 is 0 Å². The number of rotatable bonds is 3. The van der Waals surface area contributed by atoms with Gasteiger partial charge in [0.1, 0.15) is 5.82 Å². The fourth-order valence-electron chi connectivity index (χ4n) is 1.98. The molecule has 1 aromatic heterocycles. The number of nitrogens with zero attached hydrogens (tertiary/aromatic N) is 5. The fourth-order valence-corrected chi connectivity index (χ4v) is 1.98. The maximum Gasteiger partial charge on any atom is 0.204 e. The standard InChI is InChI=1S/C15H10FN5/c16-14-7-11(9-17)6-12(8-14)10-21-19-15(18-20-21)13-4-2-1-3-5-13/h1-8H,10H2. The number of hydrogen-bond donors (Lipinski definition) is 0. The summed E-state index contributed by atoms with van der Waals surface area (Å²) in [4.78, 5) is 1.37. The molecule has 3 rings (SSSR count). The molecule has 0 atom stereocenters. The van der Waals surface area contributed by atoms with Gasteiger partial charge in [-0.2, -0.15) is 10.1 Å². The monoisotopic (exact) mass is 279 g/mol. The molecule has 1 heterocycles. The number of nitriles is 1. The van der Waals surface area contributed by atoms with Gasteiger partial charge in [-0.1, -0.05) is 30.3 Å². The molecule has 0 aliphatic heterocycles. The highest BCUT2D eigenvalue weighted by Crippen LogP contribution is 2.13. The van der Waals surface area contributed by atoms with Crippen molar-refractivity contribution in [3.63, 3.8) is 0 Å². The zero-order chi connectivity index (χ0) is 14.7. The average molecular weight is 279 g/mol. The molecule has 0 bridgehead atoms. The molecule has 0 N–H and O–H groups in total. The minimum atomic E-state index is -0.451. The predicted molar refractivity (Wildman–Crippen MR) is 73.5 cm³/mol. The summed E-state index contributed by atoms with van der Waals surface area (Å²) in [5, 5.41) is 21.0. The van der Waals surface area contributed by atoms with E-state index in [9.17, 15) is 4.39 Å². The van der Waals surface area contributed by atoms with E-state index in [1.165, 1.54) is 16.9 Å². The molecular formula is C15H10FN5. The number of halogens is 1. The van der Waals surface area contributed by atoms with Crippen molar-refractivity contribution >= 4 is 0 Å². The molecule has 0 saturated heterocycles. The van der Waals surface area contributed by atoms with Gasteiger partial charge in [-0.15, -0.1) is 10.2 Å². The Morgan fingerprint density at radius 1 is 1.14 bits per heavy atom. The zero-order valence-corrected chi connectivity index (χ0v) is 10.9. The van der Waals surface area contributed by atoms with Crippen LogP contribution in [0.4, 0.5) is 4.39 Å². The molecule has 0 aliphatic carbocycles. The van der Waals surface area contributed by atoms with E-state index in [2.05, 4.69) is 15.4 Å². The Bertz CT molecular complexity index is 804. The molecule has 0 unspecified atom stereocenters. The highest BCUT2D eigenvalue weighted by atomic mass is 19.1. The molecule has 102 valence electrons. The van der Waals surface area contributed by atoms with Gasteiger partial charge in [0.25, 0.3) is 0 Å². The van der Waals surface area contributed by atoms with Crippen molar-refractivity contribution in [2.75, 3.05) is 0 Å². The molecule has 0 amide bonds. The van der Waals surface area contributed by atoms with Gasteiger partial charge in [-0.25, -0.2) is 4.39 Å². The van der Waals surface area contributed by atoms with Gasteiger partial charge in [0.2, 0.25) is 5.82 Å². The Hall–Kier alpha value is -3.07. The molecule has 0 fully saturated rings. The second kappa shape index (κ2) is 5.51. The summed E-state index contributed by atoms with van der Waals surface area (Å²) >= 11 is 0. The Kier molecular flexibility index (Phi) is 3.39. The number of aromatic nitrogens is 4. The summed E-state index contributed by atoms with van der Waals surface area (Å²) < 4.78 is 13.4. The van der Waals surface area contributed by atoms with Crippen LogP contribution in [0.25, 0.3) is 11.4 Å². The summed E-state index contributed by atoms with van der Waals surface area (Å²) in [7, 11) is 0. The third kappa shape index (κ3) is 2.92. The average Bonchev–Trinajstić information content (AvgIpc) is 2.96. The van der Waals surface area contributed by atoms with Gasteiger partial charge in [0.05, 0.1) is 18.2 Å². The first-order valence-corrected chi connectivity index (χ1v) is 6.27. The van der Waals surface area contributed by atoms with Crippen LogP contribution in [0.2, 0.25) is 0 Å². The van der Waals surface area contributed by atoms with Crippen LogP contribution in [-0.2, 0) is 6.54 Å². The third-order valence-electron chi connectivity index (χ3n) is 2.90. The van der Waals surface area contributed by atoms with Crippen LogP contribution in [0, 0.1) is 17.1 Å². The van der Waals surface area contributed by atoms with Crippen molar-refractivity contribution in [2.45, 2.75) is 6.54 Å². The number of benzene rings is 2. The van der Waals surface area contributed by atoms with Crippen LogP contribution in [-0.4, -0.2) is 20.2 Å². The van der Waals surface area contributed by atoms with Crippen LogP contribution in [0.15, 0.2) is 48.5 Å². The quantitative estimate of drug-likeness (QED) is 0.738. The van der Waals surface area contributed by atoms with Crippen LogP contribution in [0.3, 0.4) is 0 Å². The Labute approximate surface area is 120 Å². The lowest BCUT2D eigenvalue weighted by atomic mass is 10.1. The summed E-state index contributed by atoms with van der Waals surface area (Å²) in [6.45, 7) is 0.256. The van der Waals surface area contributed by atoms with Gasteiger partial charge in [-0.3, -0.25) is 0 Å². The van der Waals surface area contributed by atoms with E-state index >= 15 is 0 Å². The number of hydrogen-bond acceptors (Lipinski definition) is 4. The maximum absolute atomic E-state index is 13.4. The van der Waals surface area contributed by atoms with Crippen molar-refractivity contribution < 1.29 is 4.39 Å². The van der Waals surface area contributed by atoms with Gasteiger partial charge >= 0.3 is 0 Å². The summed E-state index contributed by atoms with van der Waals surface area (Å²) in [6, 6.07) is 15.5. The van der Waals surface area contributed by atoms with Crippen molar-refractivity contribution in [3.05, 3.63) is 65.5 Å². The normalized spacial score (nSPS) is 10.3. The molecule has 21 heavy (non-hydrogen) atoms. The van der Waals surface area contributed by atoms with Crippen molar-refractivity contribution in [3.8, 4) is 17.5 Å². The molecule has 0 radical (unpaired) electrons. The molecule has 3 aromatic rings. The molecule has 0 spiro atoms. The molecule has 5 nitrogen and oxygen atoms in total. The van der Waals surface area contributed by atoms with E-state index in [0.29, 0.717) is 11.4 Å². The first-order chi connectivity index (χ1) is 10.2. The van der Waals surface area contributed by atoms with E-state index in [1.54, 1.807) is 6.07 Å². The first-order valence-electron chi connectivity index (χ1n) is 6.27. The molecule has 0 aliphatic rings. The molecule has 0 saturated carbocycles. The van der Waals surface area contributed by atoms with E-state index in [1.807, 2.05) is 36.4 Å². The third-order valence-corrected chi connectivity index (χ3v) is 2.90. The molecule has 2 aromatic carbocycles. The van der Waals surface area contributed by atoms with Crippen LogP contribution in [0.1, 0.15) is 11.1 Å². The maximum atomic E-state index is 13.4. The lowest BCUT2D eigenvalue weighted by Gasteiger charge is -2.01. The van der Waals surface area contributed by atoms with E-state index in [4.69, 9.17) is 5.26 Å². The van der Waals surface area contributed by atoms with Crippen molar-refractivity contribution in [1.29, 1.82) is 5.26 Å². The minimum absolute atomic E-state index is 0.256. The van der Waals surface area contributed by atoms with E-state index < -0.39 is 5.82 Å². The number of tetrazole rings is 1. The van der Waals surface area contributed by atoms with Crippen LogP contribution in [0.5, 0.6) is 0 Å². The van der Waals surface area contributed by atoms with E-state index in [-0.39, 0.29) is 12.1 Å². The Morgan fingerprint density at radius 2 is 1.95 bits per heavy atom. The lowest BCUT2D eigenvalue weighted by Crippen LogP contribution is -2.04. The van der Waals surface area contributed by atoms with Gasteiger partial charge in [0.15, 0.2) is 0 Å². The van der Waals surface area contributed by atoms with Gasteiger partial charge < -0.3 is 0 Å². The highest BCUT2D eigenvalue weighted by Gasteiger charge is 2.07. The fraction of sp³-hybridized carbons (Fsp3) is 0.0667. The van der Waals surface area contributed by atoms with Crippen LogP contribution < -0.4 is 0 Å². The Balaban J connectivity index is 1.85. The SMILES string of the molecule is N#Cc1cc(F)cc(Cn2nnc(-c3ccccc3)n2)c1. The van der Waals surface area contributed by atoms with Gasteiger partial charge in [-0.05, 0) is 29.0 Å². The summed E-state index contributed by atoms with van der Waals surface area (Å²) in [5.74, 6) is 0.0555. The van der Waals surface area contributed by atoms with Crippen molar-refractivity contribution in [1.82, 2.24) is 20.2 Å². The molecule has 6 heteroatoms. The summed E-state index contributed by atoms with van der Waals surface area (Å²) in [5.41, 5.74) is 1.75. The van der Waals surface area contributed by atoms with E-state index in [0.717, 1.165) is 5.56 Å². The predicted octanol–water partition coefficient (Wildman–Crippen LogP) is 2.40. The van der Waals surface area contributed by atoms with Gasteiger partial charge in [0, 0.05) is 5.56 Å². The lowest BCUT2D eigenvalue weighted by molar-refractivity contribution is 0.566. The Morgan fingerprint density at radius 3 is 2.71 bits per heavy atom. The topological polar surface area (TPSA) is 67.4 Å². The van der Waals surface area contributed by atoms with Crippen molar-refractivity contribution in [2.24, 2.45) is 0 Å². The largest absolute Gasteiger partial charge is 0.207 e. The summed E-state index contributed by atoms with van der Waals surface area (Å²) in [6.07, 6.45) is 0. The first kappa shape index (κ1) is 12.9. The highest BCUT2D eigenvalue weighted by molar-refractivity contribution is 5.53.